The first kappa shape index (κ1) is 21.4. The van der Waals surface area contributed by atoms with E-state index in [-0.39, 0.29) is 30.1 Å². The van der Waals surface area contributed by atoms with Crippen molar-refractivity contribution in [2.75, 3.05) is 7.05 Å². The van der Waals surface area contributed by atoms with Crippen LogP contribution in [0.3, 0.4) is 0 Å². The minimum Gasteiger partial charge on any atom is -0.374 e. The van der Waals surface area contributed by atoms with Gasteiger partial charge in [0.2, 0.25) is 0 Å². The summed E-state index contributed by atoms with van der Waals surface area (Å²) in [6.45, 7) is 6.14. The Kier molecular flexibility index (Phi) is 9.51. The number of guanidine groups is 1. The van der Waals surface area contributed by atoms with Gasteiger partial charge in [0, 0.05) is 26.8 Å². The first-order chi connectivity index (χ1) is 11.6. The van der Waals surface area contributed by atoms with E-state index in [1.807, 2.05) is 31.6 Å². The smallest absolute Gasteiger partial charge is 0.191 e. The molecule has 138 valence electrons. The summed E-state index contributed by atoms with van der Waals surface area (Å²) in [7, 11) is 3.70. The molecule has 0 aliphatic rings. The molecule has 1 aromatic carbocycles. The molecule has 0 amide bonds. The Morgan fingerprint density at radius 2 is 1.76 bits per heavy atom. The summed E-state index contributed by atoms with van der Waals surface area (Å²) in [6, 6.07) is 10.4. The molecule has 7 heteroatoms. The molecule has 2 N–H and O–H groups in total. The number of nitrogens with one attached hydrogen (secondary N) is 2. The predicted molar refractivity (Wildman–Crippen MR) is 112 cm³/mol. The van der Waals surface area contributed by atoms with Gasteiger partial charge in [0.25, 0.3) is 0 Å². The van der Waals surface area contributed by atoms with Gasteiger partial charge in [-0.1, -0.05) is 24.3 Å². The van der Waals surface area contributed by atoms with Crippen LogP contribution in [-0.2, 0) is 31.5 Å². The lowest BCUT2D eigenvalue weighted by atomic mass is 10.1. The number of halogens is 1. The van der Waals surface area contributed by atoms with E-state index in [0.717, 1.165) is 18.2 Å². The van der Waals surface area contributed by atoms with Gasteiger partial charge in [-0.15, -0.1) is 24.0 Å². The highest BCUT2D eigenvalue weighted by atomic mass is 127. The zero-order valence-electron chi connectivity index (χ0n) is 15.3. The standard InChI is InChI=1S/C18H27N5O.HI/c1-14(2)24-13-16-7-5-15(6-8-16)11-20-18(19-3)21-12-17-9-10-22-23(17)4;/h5-10,14H,11-13H2,1-4H3,(H2,19,20,21);1H. The van der Waals surface area contributed by atoms with Gasteiger partial charge in [-0.05, 0) is 31.0 Å². The molecule has 2 rings (SSSR count). The van der Waals surface area contributed by atoms with Crippen molar-refractivity contribution >= 4 is 29.9 Å². The fourth-order valence-electron chi connectivity index (χ4n) is 2.17. The van der Waals surface area contributed by atoms with Gasteiger partial charge in [0.1, 0.15) is 0 Å². The normalized spacial score (nSPS) is 11.3. The first-order valence-electron chi connectivity index (χ1n) is 8.19. The fourth-order valence-corrected chi connectivity index (χ4v) is 2.17. The van der Waals surface area contributed by atoms with Crippen molar-refractivity contribution in [1.29, 1.82) is 0 Å². The quantitative estimate of drug-likeness (QED) is 0.382. The second kappa shape index (κ2) is 11.1. The van der Waals surface area contributed by atoms with Crippen molar-refractivity contribution in [3.8, 4) is 0 Å². The maximum atomic E-state index is 5.61. The van der Waals surface area contributed by atoms with Crippen LogP contribution in [0.2, 0.25) is 0 Å². The molecule has 0 atom stereocenters. The van der Waals surface area contributed by atoms with E-state index in [9.17, 15) is 0 Å². The van der Waals surface area contributed by atoms with Gasteiger partial charge in [-0.2, -0.15) is 5.10 Å². The van der Waals surface area contributed by atoms with Crippen molar-refractivity contribution < 1.29 is 4.74 Å². The Morgan fingerprint density at radius 1 is 1.12 bits per heavy atom. The van der Waals surface area contributed by atoms with E-state index in [4.69, 9.17) is 4.74 Å². The molecular formula is C18H28IN5O. The molecule has 2 aromatic rings. The average molecular weight is 457 g/mol. The van der Waals surface area contributed by atoms with Crippen LogP contribution in [0.4, 0.5) is 0 Å². The molecule has 25 heavy (non-hydrogen) atoms. The number of aliphatic imine (C=N–C) groups is 1. The minimum absolute atomic E-state index is 0. The van der Waals surface area contributed by atoms with Gasteiger partial charge >= 0.3 is 0 Å². The Hall–Kier alpha value is -1.61. The van der Waals surface area contributed by atoms with Crippen LogP contribution in [0.5, 0.6) is 0 Å². The molecule has 0 aliphatic heterocycles. The van der Waals surface area contributed by atoms with E-state index >= 15 is 0 Å². The molecule has 0 spiro atoms. The average Bonchev–Trinajstić information content (AvgIpc) is 2.99. The Balaban J connectivity index is 0.00000312. The van der Waals surface area contributed by atoms with E-state index in [1.165, 1.54) is 11.1 Å². The summed E-state index contributed by atoms with van der Waals surface area (Å²) in [5, 5.41) is 10.8. The highest BCUT2D eigenvalue weighted by Gasteiger charge is 2.02. The number of hydrogen-bond donors (Lipinski definition) is 2. The minimum atomic E-state index is 0. The maximum Gasteiger partial charge on any atom is 0.191 e. The van der Waals surface area contributed by atoms with Crippen molar-refractivity contribution in [3.05, 3.63) is 53.3 Å². The summed E-state index contributed by atoms with van der Waals surface area (Å²) in [5.74, 6) is 0.767. The van der Waals surface area contributed by atoms with Crippen LogP contribution >= 0.6 is 24.0 Å². The third-order valence-electron chi connectivity index (χ3n) is 3.65. The van der Waals surface area contributed by atoms with E-state index < -0.39 is 0 Å². The summed E-state index contributed by atoms with van der Waals surface area (Å²) < 4.78 is 7.45. The van der Waals surface area contributed by atoms with Crippen LogP contribution in [-0.4, -0.2) is 28.9 Å². The Labute approximate surface area is 167 Å². The van der Waals surface area contributed by atoms with E-state index in [0.29, 0.717) is 13.2 Å². The number of aromatic nitrogens is 2. The van der Waals surface area contributed by atoms with E-state index in [2.05, 4.69) is 45.0 Å². The number of nitrogens with zero attached hydrogens (tertiary/aromatic N) is 3. The maximum absolute atomic E-state index is 5.61. The van der Waals surface area contributed by atoms with Crippen molar-refractivity contribution in [2.24, 2.45) is 12.0 Å². The van der Waals surface area contributed by atoms with Gasteiger partial charge in [0.05, 0.1) is 24.9 Å². The van der Waals surface area contributed by atoms with E-state index in [1.54, 1.807) is 13.2 Å². The summed E-state index contributed by atoms with van der Waals surface area (Å²) >= 11 is 0. The van der Waals surface area contributed by atoms with Gasteiger partial charge in [0.15, 0.2) is 5.96 Å². The third-order valence-corrected chi connectivity index (χ3v) is 3.65. The molecule has 0 fully saturated rings. The van der Waals surface area contributed by atoms with Crippen LogP contribution < -0.4 is 10.6 Å². The van der Waals surface area contributed by atoms with Gasteiger partial charge < -0.3 is 15.4 Å². The zero-order chi connectivity index (χ0) is 17.4. The lowest BCUT2D eigenvalue weighted by molar-refractivity contribution is 0.0657. The Morgan fingerprint density at radius 3 is 2.32 bits per heavy atom. The molecule has 0 bridgehead atoms. The zero-order valence-corrected chi connectivity index (χ0v) is 17.7. The monoisotopic (exact) mass is 457 g/mol. The molecular weight excluding hydrogens is 429 g/mol. The Bertz CT molecular complexity index is 652. The molecule has 6 nitrogen and oxygen atoms in total. The number of benzene rings is 1. The highest BCUT2D eigenvalue weighted by Crippen LogP contribution is 2.07. The summed E-state index contributed by atoms with van der Waals surface area (Å²) in [5.41, 5.74) is 3.49. The van der Waals surface area contributed by atoms with Crippen molar-refractivity contribution in [2.45, 2.75) is 39.6 Å². The van der Waals surface area contributed by atoms with Crippen molar-refractivity contribution in [3.63, 3.8) is 0 Å². The lowest BCUT2D eigenvalue weighted by Crippen LogP contribution is -2.36. The van der Waals surface area contributed by atoms with Crippen LogP contribution in [0, 0.1) is 0 Å². The van der Waals surface area contributed by atoms with Crippen molar-refractivity contribution in [1.82, 2.24) is 20.4 Å². The largest absolute Gasteiger partial charge is 0.374 e. The number of aryl methyl sites for hydroxylation is 1. The second-order valence-corrected chi connectivity index (χ2v) is 5.90. The van der Waals surface area contributed by atoms with Crippen LogP contribution in [0.15, 0.2) is 41.5 Å². The lowest BCUT2D eigenvalue weighted by Gasteiger charge is -2.12. The van der Waals surface area contributed by atoms with Gasteiger partial charge in [-0.3, -0.25) is 9.67 Å². The number of ether oxygens (including phenoxy) is 1. The molecule has 0 unspecified atom stereocenters. The first-order valence-corrected chi connectivity index (χ1v) is 8.19. The molecule has 1 aromatic heterocycles. The molecule has 0 saturated carbocycles. The predicted octanol–water partition coefficient (Wildman–Crippen LogP) is 2.83. The summed E-state index contributed by atoms with van der Waals surface area (Å²) in [4.78, 5) is 4.24. The number of rotatable bonds is 7. The van der Waals surface area contributed by atoms with Crippen LogP contribution in [0.1, 0.15) is 30.7 Å². The molecule has 0 saturated heterocycles. The highest BCUT2D eigenvalue weighted by molar-refractivity contribution is 14.0. The molecule has 1 heterocycles. The fraction of sp³-hybridized carbons (Fsp3) is 0.444. The van der Waals surface area contributed by atoms with Gasteiger partial charge in [-0.25, -0.2) is 0 Å². The summed E-state index contributed by atoms with van der Waals surface area (Å²) in [6.07, 6.45) is 2.04. The topological polar surface area (TPSA) is 63.5 Å². The van der Waals surface area contributed by atoms with Crippen LogP contribution in [0.25, 0.3) is 0 Å². The SMILES string of the molecule is CN=C(NCc1ccc(COC(C)C)cc1)NCc1ccnn1C.I. The molecule has 0 aliphatic carbocycles. The second-order valence-electron chi connectivity index (χ2n) is 5.90. The third kappa shape index (κ3) is 7.43. The molecule has 0 radical (unpaired) electrons. The number of hydrogen-bond acceptors (Lipinski definition) is 3.